The number of rotatable bonds is 0. The molecule has 6 aliphatic rings. The van der Waals surface area contributed by atoms with E-state index in [0.29, 0.717) is 30.5 Å². The summed E-state index contributed by atoms with van der Waals surface area (Å²) < 4.78 is 13.2. The molecule has 2 aliphatic heterocycles. The normalized spacial score (nSPS) is 61.8. The molecule has 13 unspecified atom stereocenters. The number of carbonyl (C=O) groups is 1. The summed E-state index contributed by atoms with van der Waals surface area (Å²) in [5.41, 5.74) is -0.139. The summed E-state index contributed by atoms with van der Waals surface area (Å²) >= 11 is 0. The van der Waals surface area contributed by atoms with E-state index in [1.807, 2.05) is 0 Å². The van der Waals surface area contributed by atoms with Crippen LogP contribution >= 0.6 is 0 Å². The summed E-state index contributed by atoms with van der Waals surface area (Å²) in [6, 6.07) is 0. The van der Waals surface area contributed by atoms with Gasteiger partial charge in [-0.15, -0.1) is 0 Å². The number of aliphatic hydroxyl groups excluding tert-OH is 2. The maximum Gasteiger partial charge on any atom is 0.171 e. The minimum absolute atomic E-state index is 0.0224. The zero-order valence-corrected chi connectivity index (χ0v) is 20.3. The highest BCUT2D eigenvalue weighted by Crippen LogP contribution is 2.70. The Hall–Kier alpha value is -0.490. The predicted octanol–water partition coefficient (Wildman–Crippen LogP) is 3.94. The van der Waals surface area contributed by atoms with Gasteiger partial charge in [0, 0.05) is 30.6 Å². The molecular formula is C27H42O5. The summed E-state index contributed by atoms with van der Waals surface area (Å²) in [5, 5.41) is 21.9. The largest absolute Gasteiger partial charge is 0.393 e. The van der Waals surface area contributed by atoms with Crippen LogP contribution in [0.3, 0.4) is 0 Å². The molecule has 13 atom stereocenters. The Bertz CT molecular complexity index is 789. The van der Waals surface area contributed by atoms with Gasteiger partial charge in [0.25, 0.3) is 0 Å². The van der Waals surface area contributed by atoms with Gasteiger partial charge < -0.3 is 19.7 Å². The van der Waals surface area contributed by atoms with Crippen LogP contribution in [0.25, 0.3) is 0 Å². The molecule has 0 aromatic carbocycles. The van der Waals surface area contributed by atoms with Gasteiger partial charge in [0.2, 0.25) is 0 Å². The first-order chi connectivity index (χ1) is 15.1. The van der Waals surface area contributed by atoms with Crippen LogP contribution in [-0.2, 0) is 14.3 Å². The van der Waals surface area contributed by atoms with Crippen molar-refractivity contribution in [1.29, 1.82) is 0 Å². The summed E-state index contributed by atoms with van der Waals surface area (Å²) in [4.78, 5) is 13.6. The van der Waals surface area contributed by atoms with E-state index in [2.05, 4.69) is 27.7 Å². The fourth-order valence-corrected chi connectivity index (χ4v) is 10.0. The van der Waals surface area contributed by atoms with E-state index in [0.717, 1.165) is 45.1 Å². The lowest BCUT2D eigenvalue weighted by atomic mass is 9.43. The van der Waals surface area contributed by atoms with E-state index in [4.69, 9.17) is 9.47 Å². The molecule has 6 rings (SSSR count). The fraction of sp³-hybridized carbons (Fsp3) is 0.963. The van der Waals surface area contributed by atoms with Crippen molar-refractivity contribution < 1.29 is 24.5 Å². The first-order valence-corrected chi connectivity index (χ1v) is 13.3. The molecule has 6 fully saturated rings. The van der Waals surface area contributed by atoms with Crippen LogP contribution in [0, 0.1) is 52.3 Å². The number of Topliss-reactive ketones (excluding diaryl/α,β-unsaturated/α-hetero) is 1. The van der Waals surface area contributed by atoms with Crippen molar-refractivity contribution in [2.75, 3.05) is 6.61 Å². The molecule has 2 heterocycles. The topological polar surface area (TPSA) is 76.0 Å². The van der Waals surface area contributed by atoms with Crippen molar-refractivity contribution in [3.63, 3.8) is 0 Å². The van der Waals surface area contributed by atoms with E-state index in [1.54, 1.807) is 0 Å². The molecule has 5 heteroatoms. The molecule has 4 saturated carbocycles. The second-order valence-corrected chi connectivity index (χ2v) is 13.2. The minimum atomic E-state index is -0.467. The molecule has 0 aromatic heterocycles. The van der Waals surface area contributed by atoms with Crippen LogP contribution in [-0.4, -0.2) is 46.7 Å². The van der Waals surface area contributed by atoms with Crippen molar-refractivity contribution in [2.24, 2.45) is 52.3 Å². The van der Waals surface area contributed by atoms with Gasteiger partial charge in [0.15, 0.2) is 5.79 Å². The first-order valence-electron chi connectivity index (χ1n) is 13.3. The molecule has 2 saturated heterocycles. The van der Waals surface area contributed by atoms with Crippen molar-refractivity contribution in [2.45, 2.75) is 103 Å². The Balaban J connectivity index is 1.33. The highest BCUT2D eigenvalue weighted by Gasteiger charge is 2.71. The van der Waals surface area contributed by atoms with E-state index < -0.39 is 11.9 Å². The van der Waals surface area contributed by atoms with E-state index in [1.165, 1.54) is 0 Å². The van der Waals surface area contributed by atoms with Gasteiger partial charge in [0.1, 0.15) is 5.78 Å². The van der Waals surface area contributed by atoms with Crippen LogP contribution < -0.4 is 0 Å². The van der Waals surface area contributed by atoms with Crippen molar-refractivity contribution >= 4 is 5.78 Å². The van der Waals surface area contributed by atoms with Crippen LogP contribution in [0.5, 0.6) is 0 Å². The van der Waals surface area contributed by atoms with Crippen LogP contribution in [0.4, 0.5) is 0 Å². The number of hydrogen-bond acceptors (Lipinski definition) is 5. The Kier molecular flexibility index (Phi) is 4.83. The van der Waals surface area contributed by atoms with Gasteiger partial charge in [-0.05, 0) is 73.0 Å². The SMILES string of the molecule is CC1CCC2(OC1)OC1CC3C4C(=O)CC5CC(O)CCC5(C)C4C(O)CC3(C)C1C2C. The Morgan fingerprint density at radius 2 is 1.78 bits per heavy atom. The lowest BCUT2D eigenvalue weighted by Gasteiger charge is -2.61. The van der Waals surface area contributed by atoms with Gasteiger partial charge >= 0.3 is 0 Å². The number of ketones is 1. The van der Waals surface area contributed by atoms with Gasteiger partial charge in [-0.1, -0.05) is 27.7 Å². The third kappa shape index (κ3) is 2.74. The average Bonchev–Trinajstić information content (AvgIpc) is 3.16. The Morgan fingerprint density at radius 3 is 2.50 bits per heavy atom. The van der Waals surface area contributed by atoms with Gasteiger partial charge in [0.05, 0.1) is 24.9 Å². The maximum absolute atomic E-state index is 13.6. The smallest absolute Gasteiger partial charge is 0.171 e. The number of hydrogen-bond donors (Lipinski definition) is 2. The summed E-state index contributed by atoms with van der Waals surface area (Å²) in [6.07, 6.45) is 6.17. The molecule has 0 bridgehead atoms. The van der Waals surface area contributed by atoms with E-state index >= 15 is 0 Å². The number of fused-ring (bicyclic) bond motifs is 7. The monoisotopic (exact) mass is 446 g/mol. The minimum Gasteiger partial charge on any atom is -0.393 e. The van der Waals surface area contributed by atoms with Crippen molar-refractivity contribution in [3.8, 4) is 0 Å². The van der Waals surface area contributed by atoms with Gasteiger partial charge in [-0.25, -0.2) is 0 Å². The summed E-state index contributed by atoms with van der Waals surface area (Å²) in [6.45, 7) is 9.96. The molecule has 180 valence electrons. The molecule has 1 spiro atoms. The summed E-state index contributed by atoms with van der Waals surface area (Å²) in [7, 11) is 0. The fourth-order valence-electron chi connectivity index (χ4n) is 10.0. The molecular weight excluding hydrogens is 404 g/mol. The van der Waals surface area contributed by atoms with E-state index in [9.17, 15) is 15.0 Å². The molecule has 2 N–H and O–H groups in total. The molecule has 4 aliphatic carbocycles. The second-order valence-electron chi connectivity index (χ2n) is 13.2. The standard InChI is InChI=1S/C27H42O5/c1-14-5-8-27(31-13-14)15(2)23-21(32-27)11-18-22-19(29)10-16-9-17(28)6-7-25(16,3)24(22)20(30)12-26(18,23)4/h14-18,20-24,28,30H,5-13H2,1-4H3. The second kappa shape index (κ2) is 7.02. The number of ether oxygens (including phenoxy) is 2. The highest BCUT2D eigenvalue weighted by molar-refractivity contribution is 5.83. The predicted molar refractivity (Wildman–Crippen MR) is 120 cm³/mol. The average molecular weight is 447 g/mol. The Morgan fingerprint density at radius 1 is 1.00 bits per heavy atom. The molecule has 0 amide bonds. The van der Waals surface area contributed by atoms with Crippen LogP contribution in [0.2, 0.25) is 0 Å². The zero-order chi connectivity index (χ0) is 22.6. The quantitative estimate of drug-likeness (QED) is 0.589. The zero-order valence-electron chi connectivity index (χ0n) is 20.3. The van der Waals surface area contributed by atoms with E-state index in [-0.39, 0.29) is 52.6 Å². The molecule has 5 nitrogen and oxygen atoms in total. The lowest BCUT2D eigenvalue weighted by molar-refractivity contribution is -0.273. The number of aliphatic hydroxyl groups is 2. The maximum atomic E-state index is 13.6. The third-order valence-electron chi connectivity index (χ3n) is 11.6. The van der Waals surface area contributed by atoms with Crippen molar-refractivity contribution in [3.05, 3.63) is 0 Å². The lowest BCUT2D eigenvalue weighted by Crippen LogP contribution is -2.62. The summed E-state index contributed by atoms with van der Waals surface area (Å²) in [5.74, 6) is 1.52. The van der Waals surface area contributed by atoms with Crippen LogP contribution in [0.1, 0.15) is 79.1 Å². The number of carbonyl (C=O) groups excluding carboxylic acids is 1. The molecule has 0 aromatic rings. The highest BCUT2D eigenvalue weighted by atomic mass is 16.7. The third-order valence-corrected chi connectivity index (χ3v) is 11.6. The van der Waals surface area contributed by atoms with Gasteiger partial charge in [-0.2, -0.15) is 0 Å². The molecule has 0 radical (unpaired) electrons. The van der Waals surface area contributed by atoms with Gasteiger partial charge in [-0.3, -0.25) is 4.79 Å². The first kappa shape index (κ1) is 22.0. The van der Waals surface area contributed by atoms with Crippen molar-refractivity contribution in [1.82, 2.24) is 0 Å². The Labute approximate surface area is 192 Å². The molecule has 32 heavy (non-hydrogen) atoms. The van der Waals surface area contributed by atoms with Crippen LogP contribution in [0.15, 0.2) is 0 Å².